The van der Waals surface area contributed by atoms with Gasteiger partial charge in [-0.2, -0.15) is 0 Å². The predicted molar refractivity (Wildman–Crippen MR) is 84.8 cm³/mol. The van der Waals surface area contributed by atoms with Crippen molar-refractivity contribution in [2.75, 3.05) is 0 Å². The maximum Gasteiger partial charge on any atom is 0.121 e. The summed E-state index contributed by atoms with van der Waals surface area (Å²) in [6, 6.07) is 19.4. The first kappa shape index (κ1) is 13.6. The third-order valence-electron chi connectivity index (χ3n) is 3.94. The highest BCUT2D eigenvalue weighted by molar-refractivity contribution is 5.62. The molecule has 1 heterocycles. The van der Waals surface area contributed by atoms with Crippen LogP contribution < -0.4 is 5.73 Å². The summed E-state index contributed by atoms with van der Waals surface area (Å²) in [5.74, 6) is 0.316. The van der Waals surface area contributed by atoms with Gasteiger partial charge in [-0.05, 0) is 23.6 Å². The summed E-state index contributed by atoms with van der Waals surface area (Å²) in [7, 11) is 0. The van der Waals surface area contributed by atoms with E-state index in [0.717, 1.165) is 11.1 Å². The van der Waals surface area contributed by atoms with E-state index in [0.29, 0.717) is 12.2 Å². The van der Waals surface area contributed by atoms with Crippen LogP contribution in [-0.4, -0.2) is 11.3 Å². The first-order valence-corrected chi connectivity index (χ1v) is 7.04. The lowest BCUT2D eigenvalue weighted by molar-refractivity contribution is 0.0384. The number of nitrogens with zero attached hydrogens (tertiary/aromatic N) is 1. The van der Waals surface area contributed by atoms with Crippen molar-refractivity contribution < 1.29 is 5.11 Å². The molecule has 1 aliphatic heterocycles. The summed E-state index contributed by atoms with van der Waals surface area (Å²) in [5, 5.41) is 11.5. The van der Waals surface area contributed by atoms with Gasteiger partial charge in [0.25, 0.3) is 0 Å². The third-order valence-corrected chi connectivity index (χ3v) is 3.94. The second-order valence-corrected chi connectivity index (χ2v) is 5.24. The van der Waals surface area contributed by atoms with Gasteiger partial charge in [-0.3, -0.25) is 0 Å². The molecule has 21 heavy (non-hydrogen) atoms. The summed E-state index contributed by atoms with van der Waals surface area (Å²) < 4.78 is 0. The monoisotopic (exact) mass is 278 g/mol. The van der Waals surface area contributed by atoms with E-state index in [-0.39, 0.29) is 5.92 Å². The molecular weight excluding hydrogens is 260 g/mol. The molecule has 0 saturated carbocycles. The molecule has 106 valence electrons. The zero-order valence-corrected chi connectivity index (χ0v) is 11.7. The molecule has 0 radical (unpaired) electrons. The standard InChI is InChI=1S/C18H18N2O/c19-17-13-16(11-12-20-17)18(21,14-7-3-1-4-8-14)15-9-5-2-6-10-15/h1-10,12-13,16,21H,11,19H2. The van der Waals surface area contributed by atoms with Crippen LogP contribution in [0.25, 0.3) is 0 Å². The Labute approximate surface area is 124 Å². The molecule has 1 aliphatic rings. The normalized spacial score (nSPS) is 18.3. The van der Waals surface area contributed by atoms with Crippen LogP contribution in [0.1, 0.15) is 17.5 Å². The van der Waals surface area contributed by atoms with Gasteiger partial charge in [0, 0.05) is 12.1 Å². The molecule has 2 aromatic carbocycles. The summed E-state index contributed by atoms with van der Waals surface area (Å²) in [6.45, 7) is 0. The Balaban J connectivity index is 2.14. The van der Waals surface area contributed by atoms with Crippen molar-refractivity contribution in [3.63, 3.8) is 0 Å². The molecule has 0 bridgehead atoms. The number of rotatable bonds is 3. The molecule has 0 aromatic heterocycles. The molecule has 1 unspecified atom stereocenters. The van der Waals surface area contributed by atoms with Crippen LogP contribution >= 0.6 is 0 Å². The minimum Gasteiger partial charge on any atom is -0.384 e. The average Bonchev–Trinajstić information content (AvgIpc) is 2.56. The third kappa shape index (κ3) is 2.48. The highest BCUT2D eigenvalue weighted by Crippen LogP contribution is 2.40. The van der Waals surface area contributed by atoms with Gasteiger partial charge in [-0.25, -0.2) is 4.99 Å². The van der Waals surface area contributed by atoms with E-state index in [2.05, 4.69) is 4.99 Å². The van der Waals surface area contributed by atoms with Crippen LogP contribution in [-0.2, 0) is 5.60 Å². The van der Waals surface area contributed by atoms with Crippen molar-refractivity contribution in [2.45, 2.75) is 12.0 Å². The number of hydrogen-bond acceptors (Lipinski definition) is 3. The molecule has 0 spiro atoms. The van der Waals surface area contributed by atoms with Crippen molar-refractivity contribution >= 4 is 6.21 Å². The zero-order chi connectivity index (χ0) is 14.7. The Morgan fingerprint density at radius 3 is 1.95 bits per heavy atom. The van der Waals surface area contributed by atoms with E-state index in [1.807, 2.05) is 66.7 Å². The Kier molecular flexibility index (Phi) is 3.59. The quantitative estimate of drug-likeness (QED) is 0.907. The number of nitrogens with two attached hydrogens (primary N) is 1. The summed E-state index contributed by atoms with van der Waals surface area (Å²) in [4.78, 5) is 4.08. The topological polar surface area (TPSA) is 58.6 Å². The molecule has 0 saturated heterocycles. The fourth-order valence-corrected chi connectivity index (χ4v) is 2.86. The molecule has 0 fully saturated rings. The van der Waals surface area contributed by atoms with Crippen LogP contribution in [0.2, 0.25) is 0 Å². The van der Waals surface area contributed by atoms with Gasteiger partial charge in [-0.1, -0.05) is 60.7 Å². The van der Waals surface area contributed by atoms with E-state index in [9.17, 15) is 5.11 Å². The lowest BCUT2D eigenvalue weighted by Gasteiger charge is -2.36. The van der Waals surface area contributed by atoms with Gasteiger partial charge in [0.1, 0.15) is 11.4 Å². The van der Waals surface area contributed by atoms with Crippen LogP contribution in [0, 0.1) is 5.92 Å². The van der Waals surface area contributed by atoms with E-state index >= 15 is 0 Å². The molecule has 3 N–H and O–H groups in total. The Morgan fingerprint density at radius 2 is 1.48 bits per heavy atom. The van der Waals surface area contributed by atoms with Crippen LogP contribution in [0.4, 0.5) is 0 Å². The number of hydrogen-bond donors (Lipinski definition) is 2. The summed E-state index contributed by atoms with van der Waals surface area (Å²) in [6.07, 6.45) is 4.28. The summed E-state index contributed by atoms with van der Waals surface area (Å²) >= 11 is 0. The molecule has 3 heteroatoms. The Morgan fingerprint density at radius 1 is 0.952 bits per heavy atom. The maximum atomic E-state index is 11.5. The van der Waals surface area contributed by atoms with Crippen molar-refractivity contribution in [1.82, 2.24) is 0 Å². The van der Waals surface area contributed by atoms with Gasteiger partial charge < -0.3 is 10.8 Å². The summed E-state index contributed by atoms with van der Waals surface area (Å²) in [5.41, 5.74) is 6.44. The first-order valence-electron chi connectivity index (χ1n) is 7.04. The van der Waals surface area contributed by atoms with Crippen molar-refractivity contribution in [3.05, 3.63) is 83.7 Å². The average molecular weight is 278 g/mol. The number of aliphatic hydroxyl groups is 1. The molecule has 1 atom stereocenters. The predicted octanol–water partition coefficient (Wildman–Crippen LogP) is 2.81. The Hall–Kier alpha value is -2.39. The smallest absolute Gasteiger partial charge is 0.121 e. The highest BCUT2D eigenvalue weighted by Gasteiger charge is 2.39. The molecule has 0 amide bonds. The molecular formula is C18H18N2O. The zero-order valence-electron chi connectivity index (χ0n) is 11.7. The van der Waals surface area contributed by atoms with Gasteiger partial charge >= 0.3 is 0 Å². The molecule has 3 nitrogen and oxygen atoms in total. The van der Waals surface area contributed by atoms with Crippen molar-refractivity contribution in [2.24, 2.45) is 16.6 Å². The highest BCUT2D eigenvalue weighted by atomic mass is 16.3. The van der Waals surface area contributed by atoms with Gasteiger partial charge in [0.2, 0.25) is 0 Å². The van der Waals surface area contributed by atoms with E-state index in [4.69, 9.17) is 5.73 Å². The molecule has 2 aromatic rings. The van der Waals surface area contributed by atoms with Crippen molar-refractivity contribution in [3.8, 4) is 0 Å². The fraction of sp³-hybridized carbons (Fsp3) is 0.167. The number of aliphatic imine (C=N–C) groups is 1. The second-order valence-electron chi connectivity index (χ2n) is 5.24. The minimum atomic E-state index is -1.11. The fourth-order valence-electron chi connectivity index (χ4n) is 2.86. The minimum absolute atomic E-state index is 0.139. The maximum absolute atomic E-state index is 11.5. The van der Waals surface area contributed by atoms with E-state index < -0.39 is 5.60 Å². The second kappa shape index (κ2) is 5.54. The van der Waals surface area contributed by atoms with Gasteiger partial charge in [-0.15, -0.1) is 0 Å². The van der Waals surface area contributed by atoms with Crippen LogP contribution in [0.15, 0.2) is 77.6 Å². The van der Waals surface area contributed by atoms with Gasteiger partial charge in [0.05, 0.1) is 0 Å². The largest absolute Gasteiger partial charge is 0.384 e. The van der Waals surface area contributed by atoms with Gasteiger partial charge in [0.15, 0.2) is 0 Å². The SMILES string of the molecule is NC1=CC(C(O)(c2ccccc2)c2ccccc2)CC=N1. The van der Waals surface area contributed by atoms with E-state index in [1.165, 1.54) is 0 Å². The molecule has 0 aliphatic carbocycles. The van der Waals surface area contributed by atoms with Crippen molar-refractivity contribution in [1.29, 1.82) is 0 Å². The molecule has 3 rings (SSSR count). The van der Waals surface area contributed by atoms with Crippen LogP contribution in [0.3, 0.4) is 0 Å². The first-order chi connectivity index (χ1) is 10.2. The lowest BCUT2D eigenvalue weighted by Crippen LogP contribution is -2.37. The van der Waals surface area contributed by atoms with E-state index in [1.54, 1.807) is 6.21 Å². The van der Waals surface area contributed by atoms with Crippen LogP contribution in [0.5, 0.6) is 0 Å². The lowest BCUT2D eigenvalue weighted by atomic mass is 9.74. The Bertz CT molecular complexity index is 623. The number of benzene rings is 2.